The molecule has 4 heteroatoms. The molecule has 2 aromatic rings. The fraction of sp³-hybridized carbons (Fsp3) is 0.294. The molecular weight excluding hydrogens is 268 g/mol. The van der Waals surface area contributed by atoms with Crippen molar-refractivity contribution in [2.24, 2.45) is 17.8 Å². The highest BCUT2D eigenvalue weighted by Gasteiger charge is 2.44. The predicted octanol–water partition coefficient (Wildman–Crippen LogP) is 2.92. The molecule has 0 amide bonds. The van der Waals surface area contributed by atoms with Crippen LogP contribution in [0.1, 0.15) is 18.4 Å². The fourth-order valence-electron chi connectivity index (χ4n) is 3.73. The predicted molar refractivity (Wildman–Crippen MR) is 77.8 cm³/mol. The first-order valence-electron chi connectivity index (χ1n) is 7.10. The van der Waals surface area contributed by atoms with E-state index in [2.05, 4.69) is 6.08 Å². The van der Waals surface area contributed by atoms with Crippen LogP contribution in [-0.2, 0) is 4.79 Å². The number of hydrogen-bond acceptors (Lipinski definition) is 3. The van der Waals surface area contributed by atoms with Gasteiger partial charge in [-0.2, -0.15) is 0 Å². The van der Waals surface area contributed by atoms with Gasteiger partial charge in [0.1, 0.15) is 5.58 Å². The van der Waals surface area contributed by atoms with Gasteiger partial charge in [-0.3, -0.25) is 4.79 Å². The molecule has 0 aliphatic heterocycles. The largest absolute Gasteiger partial charge is 0.481 e. The number of benzene rings is 1. The van der Waals surface area contributed by atoms with Gasteiger partial charge in [-0.15, -0.1) is 0 Å². The number of hydrogen-bond donors (Lipinski definition) is 1. The molecule has 2 aliphatic carbocycles. The minimum absolute atomic E-state index is 0.140. The second-order valence-corrected chi connectivity index (χ2v) is 5.91. The molecule has 0 spiro atoms. The molecule has 1 aromatic heterocycles. The van der Waals surface area contributed by atoms with Crippen molar-refractivity contribution in [3.8, 4) is 0 Å². The van der Waals surface area contributed by atoms with E-state index < -0.39 is 5.97 Å². The molecule has 4 rings (SSSR count). The lowest BCUT2D eigenvalue weighted by molar-refractivity contribution is -0.142. The van der Waals surface area contributed by atoms with Gasteiger partial charge in [-0.1, -0.05) is 18.2 Å². The third-order valence-electron chi connectivity index (χ3n) is 4.72. The Morgan fingerprint density at radius 1 is 1.19 bits per heavy atom. The van der Waals surface area contributed by atoms with E-state index in [0.29, 0.717) is 17.9 Å². The number of carbonyl (C=O) groups is 1. The average molecular weight is 282 g/mol. The van der Waals surface area contributed by atoms with E-state index >= 15 is 0 Å². The molecule has 106 valence electrons. The molecule has 0 unspecified atom stereocenters. The van der Waals surface area contributed by atoms with Crippen molar-refractivity contribution in [3.05, 3.63) is 52.4 Å². The molecule has 2 bridgehead atoms. The summed E-state index contributed by atoms with van der Waals surface area (Å²) in [5.74, 6) is -0.482. The highest BCUT2D eigenvalue weighted by Crippen LogP contribution is 2.51. The van der Waals surface area contributed by atoms with Gasteiger partial charge in [0.2, 0.25) is 0 Å². The van der Waals surface area contributed by atoms with Crippen LogP contribution in [0.2, 0.25) is 0 Å². The highest BCUT2D eigenvalue weighted by molar-refractivity contribution is 5.84. The summed E-state index contributed by atoms with van der Waals surface area (Å²) in [6, 6.07) is 9.01. The van der Waals surface area contributed by atoms with Crippen molar-refractivity contribution < 1.29 is 14.3 Å². The number of allylic oxidation sites excluding steroid dienone is 2. The van der Waals surface area contributed by atoms with E-state index in [-0.39, 0.29) is 17.5 Å². The first kappa shape index (κ1) is 12.4. The van der Waals surface area contributed by atoms with E-state index in [0.717, 1.165) is 17.4 Å². The van der Waals surface area contributed by atoms with Gasteiger partial charge in [0.05, 0.1) is 5.92 Å². The van der Waals surface area contributed by atoms with Gasteiger partial charge >= 0.3 is 11.6 Å². The van der Waals surface area contributed by atoms with Crippen molar-refractivity contribution in [2.45, 2.75) is 12.8 Å². The molecule has 4 nitrogen and oxygen atoms in total. The zero-order chi connectivity index (χ0) is 14.6. The smallest absolute Gasteiger partial charge is 0.336 e. The molecular formula is C17H14O4. The summed E-state index contributed by atoms with van der Waals surface area (Å²) in [5, 5.41) is 10.1. The lowest BCUT2D eigenvalue weighted by Gasteiger charge is -2.18. The molecule has 1 heterocycles. The maximum atomic E-state index is 11.3. The van der Waals surface area contributed by atoms with E-state index in [9.17, 15) is 14.7 Å². The van der Waals surface area contributed by atoms with Crippen LogP contribution in [0.25, 0.3) is 16.5 Å². The third kappa shape index (κ3) is 1.90. The number of fused-ring (bicyclic) bond motifs is 3. The first-order valence-corrected chi connectivity index (χ1v) is 7.10. The quantitative estimate of drug-likeness (QED) is 0.860. The normalized spacial score (nSPS) is 27.0. The van der Waals surface area contributed by atoms with Crippen molar-refractivity contribution in [2.75, 3.05) is 0 Å². The Balaban J connectivity index is 1.75. The number of carboxylic acid groups (broad SMARTS) is 1. The summed E-state index contributed by atoms with van der Waals surface area (Å²) in [6.45, 7) is 0. The Hall–Kier alpha value is -2.36. The first-order chi connectivity index (χ1) is 10.1. The highest BCUT2D eigenvalue weighted by atomic mass is 16.4. The van der Waals surface area contributed by atoms with Crippen LogP contribution < -0.4 is 5.63 Å². The van der Waals surface area contributed by atoms with Crippen molar-refractivity contribution >= 4 is 22.5 Å². The molecule has 1 aromatic carbocycles. The Bertz CT molecular complexity index is 830. The van der Waals surface area contributed by atoms with Crippen LogP contribution >= 0.6 is 0 Å². The zero-order valence-electron chi connectivity index (χ0n) is 11.3. The fourth-order valence-corrected chi connectivity index (χ4v) is 3.73. The second-order valence-electron chi connectivity index (χ2n) is 5.91. The Morgan fingerprint density at radius 3 is 2.71 bits per heavy atom. The number of carboxylic acids is 1. The Kier molecular flexibility index (Phi) is 2.55. The average Bonchev–Trinajstić information content (AvgIpc) is 3.06. The maximum absolute atomic E-state index is 11.3. The van der Waals surface area contributed by atoms with Crippen molar-refractivity contribution in [1.29, 1.82) is 0 Å². The van der Waals surface area contributed by atoms with E-state index in [4.69, 9.17) is 4.42 Å². The van der Waals surface area contributed by atoms with E-state index in [1.807, 2.05) is 18.2 Å². The number of rotatable bonds is 2. The minimum Gasteiger partial charge on any atom is -0.481 e. The van der Waals surface area contributed by atoms with Crippen LogP contribution in [0.15, 0.2) is 45.6 Å². The summed E-state index contributed by atoms with van der Waals surface area (Å²) in [6.07, 6.45) is 3.72. The minimum atomic E-state index is -0.692. The molecule has 1 fully saturated rings. The summed E-state index contributed by atoms with van der Waals surface area (Å²) < 4.78 is 5.22. The number of aliphatic carboxylic acids is 1. The van der Waals surface area contributed by atoms with Gasteiger partial charge in [-0.25, -0.2) is 4.79 Å². The summed E-state index contributed by atoms with van der Waals surface area (Å²) in [4.78, 5) is 22.5. The maximum Gasteiger partial charge on any atom is 0.336 e. The summed E-state index contributed by atoms with van der Waals surface area (Å²) >= 11 is 0. The molecule has 1 saturated carbocycles. The summed E-state index contributed by atoms with van der Waals surface area (Å²) in [7, 11) is 0. The lowest BCUT2D eigenvalue weighted by atomic mass is 9.86. The van der Waals surface area contributed by atoms with Crippen LogP contribution in [0.3, 0.4) is 0 Å². The van der Waals surface area contributed by atoms with Crippen LogP contribution in [-0.4, -0.2) is 11.1 Å². The van der Waals surface area contributed by atoms with E-state index in [1.165, 1.54) is 11.6 Å². The second kappa shape index (κ2) is 4.32. The molecule has 21 heavy (non-hydrogen) atoms. The summed E-state index contributed by atoms with van der Waals surface area (Å²) in [5.41, 5.74) is 2.46. The molecule has 0 radical (unpaired) electrons. The molecule has 2 aliphatic rings. The van der Waals surface area contributed by atoms with Crippen LogP contribution in [0, 0.1) is 17.8 Å². The SMILES string of the molecule is O=C(O)[C@H]1C[C@@H]2C[C@H]1C=C2c1ccc2ccc(=O)oc2c1. The van der Waals surface area contributed by atoms with E-state index in [1.54, 1.807) is 6.07 Å². The van der Waals surface area contributed by atoms with Gasteiger partial charge in [0.15, 0.2) is 0 Å². The van der Waals surface area contributed by atoms with Crippen molar-refractivity contribution in [1.82, 2.24) is 0 Å². The molecule has 0 saturated heterocycles. The Labute approximate surface area is 120 Å². The molecule has 1 N–H and O–H groups in total. The lowest BCUT2D eigenvalue weighted by Crippen LogP contribution is -2.18. The van der Waals surface area contributed by atoms with Gasteiger partial charge < -0.3 is 9.52 Å². The van der Waals surface area contributed by atoms with Gasteiger partial charge in [-0.05, 0) is 47.9 Å². The van der Waals surface area contributed by atoms with Crippen LogP contribution in [0.4, 0.5) is 0 Å². The van der Waals surface area contributed by atoms with Crippen molar-refractivity contribution in [3.63, 3.8) is 0 Å². The third-order valence-corrected chi connectivity index (χ3v) is 4.72. The van der Waals surface area contributed by atoms with Gasteiger partial charge in [0, 0.05) is 11.5 Å². The van der Waals surface area contributed by atoms with Crippen LogP contribution in [0.5, 0.6) is 0 Å². The van der Waals surface area contributed by atoms with Gasteiger partial charge in [0.25, 0.3) is 0 Å². The standard InChI is InChI=1S/C17H14O4/c18-16-4-3-9-1-2-10(8-15(9)21-16)13-6-12-5-11(13)7-14(12)17(19)20/h1-4,6,8,11-12,14H,5,7H2,(H,19,20)/t11-,12-,14-/m0/s1. The topological polar surface area (TPSA) is 67.5 Å². The molecule has 3 atom stereocenters. The monoisotopic (exact) mass is 282 g/mol. The Morgan fingerprint density at radius 2 is 2.00 bits per heavy atom. The zero-order valence-corrected chi connectivity index (χ0v) is 11.3.